The van der Waals surface area contributed by atoms with Crippen LogP contribution in [0.25, 0.3) is 0 Å². The standard InChI is InChI=1S/C9H13N/c1-7(2)8-5-3-4-6-9(8)10/h3-7H,10H2,1-2H3/i1D3/t7-/m1/s1. The van der Waals surface area contributed by atoms with Crippen molar-refractivity contribution in [3.05, 3.63) is 29.8 Å². The highest BCUT2D eigenvalue weighted by Crippen LogP contribution is 2.19. The van der Waals surface area contributed by atoms with E-state index >= 15 is 0 Å². The average Bonchev–Trinajstić information content (AvgIpc) is 2.02. The van der Waals surface area contributed by atoms with E-state index in [0.29, 0.717) is 11.3 Å². The van der Waals surface area contributed by atoms with Gasteiger partial charge in [0.15, 0.2) is 0 Å². The van der Waals surface area contributed by atoms with Gasteiger partial charge in [0.25, 0.3) is 0 Å². The van der Waals surface area contributed by atoms with Crippen LogP contribution in [0.4, 0.5) is 5.69 Å². The van der Waals surface area contributed by atoms with Crippen LogP contribution in [-0.2, 0) is 0 Å². The van der Waals surface area contributed by atoms with Gasteiger partial charge in [-0.25, -0.2) is 0 Å². The van der Waals surface area contributed by atoms with Gasteiger partial charge >= 0.3 is 0 Å². The van der Waals surface area contributed by atoms with E-state index in [1.807, 2.05) is 0 Å². The summed E-state index contributed by atoms with van der Waals surface area (Å²) in [6, 6.07) is 7.07. The van der Waals surface area contributed by atoms with Crippen molar-refractivity contribution in [3.8, 4) is 0 Å². The fourth-order valence-corrected chi connectivity index (χ4v) is 0.905. The van der Waals surface area contributed by atoms with Crippen molar-refractivity contribution in [1.82, 2.24) is 0 Å². The predicted octanol–water partition coefficient (Wildman–Crippen LogP) is 2.39. The summed E-state index contributed by atoms with van der Waals surface area (Å²) in [5.74, 6) is -0.506. The Morgan fingerprint density at radius 1 is 1.50 bits per heavy atom. The molecular formula is C9H13N. The summed E-state index contributed by atoms with van der Waals surface area (Å²) in [5.41, 5.74) is 6.91. The van der Waals surface area contributed by atoms with Gasteiger partial charge in [0.05, 0.1) is 0 Å². The molecule has 0 fully saturated rings. The Bertz CT molecular complexity index is 293. The fourth-order valence-electron chi connectivity index (χ4n) is 0.905. The molecule has 0 saturated carbocycles. The summed E-state index contributed by atoms with van der Waals surface area (Å²) >= 11 is 0. The smallest absolute Gasteiger partial charge is 0.0349 e. The molecule has 10 heavy (non-hydrogen) atoms. The number of hydrogen-bond acceptors (Lipinski definition) is 1. The molecule has 0 spiro atoms. The number of rotatable bonds is 1. The van der Waals surface area contributed by atoms with Crippen molar-refractivity contribution in [1.29, 1.82) is 0 Å². The molecule has 0 aromatic heterocycles. The lowest BCUT2D eigenvalue weighted by molar-refractivity contribution is 0.870. The molecule has 0 aliphatic rings. The molecule has 2 N–H and O–H groups in total. The Morgan fingerprint density at radius 2 is 2.20 bits per heavy atom. The monoisotopic (exact) mass is 138 g/mol. The largest absolute Gasteiger partial charge is 0.398 e. The fraction of sp³-hybridized carbons (Fsp3) is 0.333. The summed E-state index contributed by atoms with van der Waals surface area (Å²) in [4.78, 5) is 0. The van der Waals surface area contributed by atoms with Gasteiger partial charge in [-0.1, -0.05) is 32.0 Å². The van der Waals surface area contributed by atoms with E-state index < -0.39 is 12.8 Å². The Morgan fingerprint density at radius 3 is 2.80 bits per heavy atom. The molecule has 1 nitrogen and oxygen atoms in total. The third kappa shape index (κ3) is 1.29. The zero-order valence-electron chi connectivity index (χ0n) is 8.96. The summed E-state index contributed by atoms with van der Waals surface area (Å²) < 4.78 is 21.7. The topological polar surface area (TPSA) is 26.0 Å². The van der Waals surface area contributed by atoms with E-state index in [1.54, 1.807) is 31.2 Å². The van der Waals surface area contributed by atoms with Gasteiger partial charge in [-0.3, -0.25) is 0 Å². The first-order valence-corrected chi connectivity index (χ1v) is 3.27. The van der Waals surface area contributed by atoms with E-state index in [1.165, 1.54) is 0 Å². The second-order valence-corrected chi connectivity index (χ2v) is 2.35. The molecule has 54 valence electrons. The first-order valence-electron chi connectivity index (χ1n) is 4.77. The molecule has 0 bridgehead atoms. The maximum atomic E-state index is 7.25. The molecule has 1 aromatic rings. The third-order valence-electron chi connectivity index (χ3n) is 1.46. The van der Waals surface area contributed by atoms with Crippen LogP contribution in [0.2, 0.25) is 0 Å². The second kappa shape index (κ2) is 2.74. The van der Waals surface area contributed by atoms with E-state index in [2.05, 4.69) is 0 Å². The maximum Gasteiger partial charge on any atom is 0.0349 e. The number of nitrogens with two attached hydrogens (primary N) is 1. The minimum Gasteiger partial charge on any atom is -0.398 e. The zero-order chi connectivity index (χ0) is 10.1. The lowest BCUT2D eigenvalue weighted by atomic mass is 10.0. The number of nitrogen functional groups attached to an aromatic ring is 1. The summed E-state index contributed by atoms with van der Waals surface area (Å²) in [6.45, 7) is -0.311. The number of benzene rings is 1. The van der Waals surface area contributed by atoms with Gasteiger partial charge in [0, 0.05) is 9.80 Å². The van der Waals surface area contributed by atoms with Crippen molar-refractivity contribution in [2.45, 2.75) is 19.7 Å². The van der Waals surface area contributed by atoms with E-state index in [-0.39, 0.29) is 0 Å². The highest BCUT2D eigenvalue weighted by molar-refractivity contribution is 5.47. The van der Waals surface area contributed by atoms with Crippen LogP contribution in [0, 0.1) is 0 Å². The minimum atomic E-state index is -1.98. The summed E-state index contributed by atoms with van der Waals surface area (Å²) in [7, 11) is 0. The predicted molar refractivity (Wildman–Crippen MR) is 44.9 cm³/mol. The number of para-hydroxylation sites is 1. The molecule has 0 heterocycles. The van der Waals surface area contributed by atoms with Crippen molar-refractivity contribution in [2.75, 3.05) is 5.73 Å². The molecule has 0 unspecified atom stereocenters. The third-order valence-corrected chi connectivity index (χ3v) is 1.46. The first-order chi connectivity index (χ1) is 5.93. The Kier molecular flexibility index (Phi) is 1.10. The van der Waals surface area contributed by atoms with Crippen LogP contribution < -0.4 is 5.73 Å². The molecule has 0 saturated heterocycles. The normalized spacial score (nSPS) is 18.7. The summed E-state index contributed by atoms with van der Waals surface area (Å²) in [5, 5.41) is 0. The minimum absolute atomic E-state index is 0.506. The van der Waals surface area contributed by atoms with Crippen molar-refractivity contribution in [3.63, 3.8) is 0 Å². The van der Waals surface area contributed by atoms with Crippen molar-refractivity contribution in [2.24, 2.45) is 0 Å². The van der Waals surface area contributed by atoms with Crippen LogP contribution >= 0.6 is 0 Å². The van der Waals surface area contributed by atoms with Crippen LogP contribution in [0.5, 0.6) is 0 Å². The average molecular weight is 138 g/mol. The van der Waals surface area contributed by atoms with E-state index in [4.69, 9.17) is 9.85 Å². The van der Waals surface area contributed by atoms with Gasteiger partial charge in [-0.05, 0) is 17.5 Å². The van der Waals surface area contributed by atoms with E-state index in [9.17, 15) is 0 Å². The van der Waals surface area contributed by atoms with Crippen LogP contribution in [0.3, 0.4) is 0 Å². The lowest BCUT2D eigenvalue weighted by Crippen LogP contribution is -1.94. The van der Waals surface area contributed by atoms with Gasteiger partial charge in [-0.15, -0.1) is 0 Å². The molecule has 1 heteroatoms. The van der Waals surface area contributed by atoms with Gasteiger partial charge in [-0.2, -0.15) is 0 Å². The Hall–Kier alpha value is -0.980. The van der Waals surface area contributed by atoms with Crippen LogP contribution in [-0.4, -0.2) is 0 Å². The van der Waals surface area contributed by atoms with E-state index in [0.717, 1.165) is 0 Å². The van der Waals surface area contributed by atoms with Crippen LogP contribution in [0.15, 0.2) is 24.3 Å². The highest BCUT2D eigenvalue weighted by Gasteiger charge is 2.00. The Balaban J connectivity index is 3.02. The molecular weight excluding hydrogens is 122 g/mol. The van der Waals surface area contributed by atoms with Crippen molar-refractivity contribution < 1.29 is 4.11 Å². The molecule has 0 aliphatic heterocycles. The quantitative estimate of drug-likeness (QED) is 0.592. The summed E-state index contributed by atoms with van der Waals surface area (Å²) in [6.07, 6.45) is 0. The molecule has 1 rings (SSSR count). The lowest BCUT2D eigenvalue weighted by Gasteiger charge is -2.07. The van der Waals surface area contributed by atoms with Gasteiger partial charge < -0.3 is 5.73 Å². The Labute approximate surface area is 66.1 Å². The maximum absolute atomic E-state index is 7.25. The zero-order valence-corrected chi connectivity index (χ0v) is 5.96. The van der Waals surface area contributed by atoms with Crippen molar-refractivity contribution >= 4 is 5.69 Å². The van der Waals surface area contributed by atoms with Gasteiger partial charge in [0.2, 0.25) is 0 Å². The number of hydrogen-bond donors (Lipinski definition) is 1. The highest BCUT2D eigenvalue weighted by atomic mass is 14.6. The molecule has 0 radical (unpaired) electrons. The molecule has 0 aliphatic carbocycles. The molecule has 1 aromatic carbocycles. The number of anilines is 1. The SMILES string of the molecule is [2H]C([2H])([2H])[C@H](C)c1ccccc1N. The molecule has 0 amide bonds. The first kappa shape index (κ1) is 4.02. The van der Waals surface area contributed by atoms with Crippen LogP contribution in [0.1, 0.15) is 29.4 Å². The van der Waals surface area contributed by atoms with Gasteiger partial charge in [0.1, 0.15) is 0 Å². The second-order valence-electron chi connectivity index (χ2n) is 2.35. The molecule has 1 atom stereocenters.